The van der Waals surface area contributed by atoms with Crippen molar-refractivity contribution in [2.75, 3.05) is 17.1 Å². The SMILES string of the molecule is COc1ccc(NS(=O)(=O)c2cccc(NC(=O)c3ccco3)c2)cc1Br. The largest absolute Gasteiger partial charge is 0.496 e. The number of carbonyl (C=O) groups is 1. The predicted octanol–water partition coefficient (Wildman–Crippen LogP) is 4.10. The van der Waals surface area contributed by atoms with Crippen molar-refractivity contribution in [1.29, 1.82) is 0 Å². The monoisotopic (exact) mass is 450 g/mol. The molecule has 2 aromatic carbocycles. The van der Waals surface area contributed by atoms with E-state index in [4.69, 9.17) is 9.15 Å². The van der Waals surface area contributed by atoms with E-state index in [9.17, 15) is 13.2 Å². The highest BCUT2D eigenvalue weighted by atomic mass is 79.9. The van der Waals surface area contributed by atoms with Gasteiger partial charge in [-0.05, 0) is 64.5 Å². The Labute approximate surface area is 164 Å². The van der Waals surface area contributed by atoms with Crippen LogP contribution < -0.4 is 14.8 Å². The normalized spacial score (nSPS) is 11.0. The predicted molar refractivity (Wildman–Crippen MR) is 105 cm³/mol. The van der Waals surface area contributed by atoms with E-state index in [-0.39, 0.29) is 10.7 Å². The molecule has 0 saturated heterocycles. The van der Waals surface area contributed by atoms with E-state index in [0.29, 0.717) is 21.6 Å². The maximum absolute atomic E-state index is 12.6. The average Bonchev–Trinajstić information content (AvgIpc) is 3.17. The minimum absolute atomic E-state index is 0.00619. The summed E-state index contributed by atoms with van der Waals surface area (Å²) >= 11 is 3.31. The molecule has 1 heterocycles. The Hall–Kier alpha value is -2.78. The fourth-order valence-electron chi connectivity index (χ4n) is 2.29. The number of furan rings is 1. The van der Waals surface area contributed by atoms with Gasteiger partial charge in [0.2, 0.25) is 0 Å². The molecule has 0 radical (unpaired) electrons. The average molecular weight is 451 g/mol. The van der Waals surface area contributed by atoms with Crippen LogP contribution in [0.1, 0.15) is 10.6 Å². The third-order valence-corrected chi connectivity index (χ3v) is 5.55. The van der Waals surface area contributed by atoms with Crippen molar-refractivity contribution in [3.63, 3.8) is 0 Å². The minimum Gasteiger partial charge on any atom is -0.496 e. The molecule has 0 fully saturated rings. The van der Waals surface area contributed by atoms with E-state index >= 15 is 0 Å². The molecule has 1 amide bonds. The molecule has 27 heavy (non-hydrogen) atoms. The van der Waals surface area contributed by atoms with Crippen molar-refractivity contribution in [2.45, 2.75) is 4.90 Å². The number of methoxy groups -OCH3 is 1. The molecule has 0 spiro atoms. The number of rotatable bonds is 6. The van der Waals surface area contributed by atoms with Gasteiger partial charge in [0.1, 0.15) is 5.75 Å². The van der Waals surface area contributed by atoms with Crippen molar-refractivity contribution >= 4 is 43.2 Å². The van der Waals surface area contributed by atoms with Crippen LogP contribution >= 0.6 is 15.9 Å². The van der Waals surface area contributed by atoms with Crippen LogP contribution in [0.5, 0.6) is 5.75 Å². The van der Waals surface area contributed by atoms with Crippen LogP contribution in [-0.4, -0.2) is 21.4 Å². The Kier molecular flexibility index (Phi) is 5.52. The Bertz CT molecular complexity index is 1070. The molecule has 140 valence electrons. The molecule has 0 atom stereocenters. The summed E-state index contributed by atoms with van der Waals surface area (Å²) in [6, 6.07) is 13.8. The Balaban J connectivity index is 1.80. The number of anilines is 2. The third-order valence-electron chi connectivity index (χ3n) is 3.55. The van der Waals surface area contributed by atoms with Crippen LogP contribution in [0.25, 0.3) is 0 Å². The lowest BCUT2D eigenvalue weighted by atomic mass is 10.3. The summed E-state index contributed by atoms with van der Waals surface area (Å²) in [6.07, 6.45) is 1.38. The van der Waals surface area contributed by atoms with Crippen LogP contribution in [-0.2, 0) is 10.0 Å². The molecule has 0 aliphatic rings. The van der Waals surface area contributed by atoms with Crippen molar-refractivity contribution in [3.8, 4) is 5.75 Å². The molecule has 0 saturated carbocycles. The summed E-state index contributed by atoms with van der Waals surface area (Å²) in [5, 5.41) is 2.60. The lowest BCUT2D eigenvalue weighted by Crippen LogP contribution is -2.15. The fourth-order valence-corrected chi connectivity index (χ4v) is 3.92. The first kappa shape index (κ1) is 19.0. The standard InChI is InChI=1S/C18H15BrN2O5S/c1-25-16-8-7-13(11-15(16)19)21-27(23,24)14-5-2-4-12(10-14)20-18(22)17-6-3-9-26-17/h2-11,21H,1H3,(H,20,22). The second-order valence-corrected chi connectivity index (χ2v) is 7.95. The molecule has 3 rings (SSSR count). The van der Waals surface area contributed by atoms with Crippen molar-refractivity contribution in [1.82, 2.24) is 0 Å². The van der Waals surface area contributed by atoms with Crippen LogP contribution in [0.15, 0.2) is 74.6 Å². The number of benzene rings is 2. The van der Waals surface area contributed by atoms with E-state index in [1.165, 1.54) is 37.6 Å². The molecule has 7 nitrogen and oxygen atoms in total. The molecule has 2 N–H and O–H groups in total. The molecule has 3 aromatic rings. The van der Waals surface area contributed by atoms with Crippen LogP contribution in [0.4, 0.5) is 11.4 Å². The van der Waals surface area contributed by atoms with Gasteiger partial charge >= 0.3 is 0 Å². The number of carbonyl (C=O) groups excluding carboxylic acids is 1. The molecule has 1 aromatic heterocycles. The summed E-state index contributed by atoms with van der Waals surface area (Å²) in [4.78, 5) is 12.0. The van der Waals surface area contributed by atoms with Gasteiger partial charge in [0.05, 0.1) is 28.4 Å². The van der Waals surface area contributed by atoms with E-state index in [1.54, 1.807) is 30.3 Å². The minimum atomic E-state index is -3.85. The van der Waals surface area contributed by atoms with Gasteiger partial charge in [-0.2, -0.15) is 0 Å². The van der Waals surface area contributed by atoms with Crippen molar-refractivity contribution in [2.24, 2.45) is 0 Å². The summed E-state index contributed by atoms with van der Waals surface area (Å²) < 4.78 is 38.5. The molecule has 0 aliphatic carbocycles. The molecular formula is C18H15BrN2O5S. The zero-order valence-corrected chi connectivity index (χ0v) is 16.5. The number of hydrogen-bond acceptors (Lipinski definition) is 5. The van der Waals surface area contributed by atoms with Gasteiger partial charge in [0, 0.05) is 5.69 Å². The highest BCUT2D eigenvalue weighted by Crippen LogP contribution is 2.29. The van der Waals surface area contributed by atoms with Gasteiger partial charge in [-0.25, -0.2) is 8.42 Å². The lowest BCUT2D eigenvalue weighted by Gasteiger charge is -2.11. The van der Waals surface area contributed by atoms with Crippen LogP contribution in [0, 0.1) is 0 Å². The van der Waals surface area contributed by atoms with Gasteiger partial charge in [0.25, 0.3) is 15.9 Å². The van der Waals surface area contributed by atoms with Gasteiger partial charge in [-0.1, -0.05) is 6.07 Å². The zero-order chi connectivity index (χ0) is 19.4. The third kappa shape index (κ3) is 4.50. The molecule has 9 heteroatoms. The second-order valence-electron chi connectivity index (χ2n) is 5.41. The Morgan fingerprint density at radius 3 is 2.56 bits per heavy atom. The highest BCUT2D eigenvalue weighted by molar-refractivity contribution is 9.10. The van der Waals surface area contributed by atoms with Gasteiger partial charge in [-0.3, -0.25) is 9.52 Å². The maximum Gasteiger partial charge on any atom is 0.291 e. The van der Waals surface area contributed by atoms with Crippen molar-refractivity contribution < 1.29 is 22.4 Å². The van der Waals surface area contributed by atoms with Gasteiger partial charge in [0.15, 0.2) is 5.76 Å². The molecule has 0 aliphatic heterocycles. The van der Waals surface area contributed by atoms with Gasteiger partial charge < -0.3 is 14.5 Å². The zero-order valence-electron chi connectivity index (χ0n) is 14.1. The first-order valence-electron chi connectivity index (χ1n) is 7.70. The number of halogens is 1. The summed E-state index contributed by atoms with van der Waals surface area (Å²) in [5.41, 5.74) is 0.697. The molecule has 0 bridgehead atoms. The van der Waals surface area contributed by atoms with E-state index in [2.05, 4.69) is 26.0 Å². The van der Waals surface area contributed by atoms with E-state index in [0.717, 1.165) is 0 Å². The number of amides is 1. The second kappa shape index (κ2) is 7.85. The summed E-state index contributed by atoms with van der Waals surface area (Å²) in [7, 11) is -2.33. The van der Waals surface area contributed by atoms with Crippen molar-refractivity contribution in [3.05, 3.63) is 71.1 Å². The summed E-state index contributed by atoms with van der Waals surface area (Å²) in [6.45, 7) is 0. The number of ether oxygens (including phenoxy) is 1. The molecule has 0 unspecified atom stereocenters. The van der Waals surface area contributed by atoms with E-state index in [1.807, 2.05) is 0 Å². The summed E-state index contributed by atoms with van der Waals surface area (Å²) in [5.74, 6) is 0.242. The van der Waals surface area contributed by atoms with Crippen LogP contribution in [0.3, 0.4) is 0 Å². The number of nitrogens with one attached hydrogen (secondary N) is 2. The van der Waals surface area contributed by atoms with Crippen LogP contribution in [0.2, 0.25) is 0 Å². The smallest absolute Gasteiger partial charge is 0.291 e. The fraction of sp³-hybridized carbons (Fsp3) is 0.0556. The number of hydrogen-bond donors (Lipinski definition) is 2. The quantitative estimate of drug-likeness (QED) is 0.588. The number of sulfonamides is 1. The highest BCUT2D eigenvalue weighted by Gasteiger charge is 2.17. The first-order chi connectivity index (χ1) is 12.9. The topological polar surface area (TPSA) is 97.6 Å². The Morgan fingerprint density at radius 1 is 1.07 bits per heavy atom. The molecular weight excluding hydrogens is 436 g/mol. The van der Waals surface area contributed by atoms with E-state index < -0.39 is 15.9 Å². The lowest BCUT2D eigenvalue weighted by molar-refractivity contribution is 0.0996. The maximum atomic E-state index is 12.6. The first-order valence-corrected chi connectivity index (χ1v) is 9.98. The van der Waals surface area contributed by atoms with Gasteiger partial charge in [-0.15, -0.1) is 0 Å². The Morgan fingerprint density at radius 2 is 1.89 bits per heavy atom.